The highest BCUT2D eigenvalue weighted by atomic mass is 16.3. The zero-order valence-electron chi connectivity index (χ0n) is 17.9. The van der Waals surface area contributed by atoms with Crippen molar-refractivity contribution in [2.45, 2.75) is 25.9 Å². The third kappa shape index (κ3) is 6.60. The Morgan fingerprint density at radius 1 is 1.34 bits per heavy atom. The van der Waals surface area contributed by atoms with Crippen molar-refractivity contribution in [3.63, 3.8) is 0 Å². The summed E-state index contributed by atoms with van der Waals surface area (Å²) in [6.45, 7) is 5.30. The van der Waals surface area contributed by atoms with Crippen LogP contribution in [0.1, 0.15) is 35.3 Å². The van der Waals surface area contributed by atoms with Crippen molar-refractivity contribution >= 4 is 11.9 Å². The van der Waals surface area contributed by atoms with E-state index in [9.17, 15) is 9.90 Å². The highest BCUT2D eigenvalue weighted by Crippen LogP contribution is 2.19. The van der Waals surface area contributed by atoms with E-state index < -0.39 is 5.60 Å². The maximum atomic E-state index is 12.1. The van der Waals surface area contributed by atoms with E-state index in [1.165, 1.54) is 0 Å². The molecule has 1 unspecified atom stereocenters. The summed E-state index contributed by atoms with van der Waals surface area (Å²) in [5, 5.41) is 21.3. The number of aliphatic imine (C=N–C) groups is 1. The van der Waals surface area contributed by atoms with Crippen LogP contribution in [-0.2, 0) is 19.1 Å². The molecule has 1 aromatic heterocycles. The lowest BCUT2D eigenvalue weighted by atomic mass is 10.0. The molecule has 0 bridgehead atoms. The van der Waals surface area contributed by atoms with Crippen molar-refractivity contribution in [1.82, 2.24) is 25.3 Å². The minimum atomic E-state index is -1.10. The van der Waals surface area contributed by atoms with Gasteiger partial charge >= 0.3 is 0 Å². The topological polar surface area (TPSA) is 94.8 Å². The number of nitrogens with zero attached hydrogens (tertiary/aromatic N) is 4. The van der Waals surface area contributed by atoms with Crippen LogP contribution in [0.15, 0.2) is 41.7 Å². The van der Waals surface area contributed by atoms with Gasteiger partial charge in [-0.3, -0.25) is 9.48 Å². The third-order valence-electron chi connectivity index (χ3n) is 4.50. The monoisotopic (exact) mass is 400 g/mol. The van der Waals surface area contributed by atoms with Crippen LogP contribution in [0, 0.1) is 0 Å². The fourth-order valence-electron chi connectivity index (χ4n) is 2.81. The molecule has 0 saturated carbocycles. The number of hydrogen-bond acceptors (Lipinski definition) is 4. The molecule has 2 rings (SSSR count). The van der Waals surface area contributed by atoms with Crippen LogP contribution in [0.25, 0.3) is 0 Å². The standard InChI is InChI=1S/C21H32N6O2/c1-6-22-20(24-15-21(2,29)18-13-25-27(5)14-18)23-11-10-16-8-7-9-17(12-16)19(28)26(3)4/h7-9,12-14,29H,6,10-11,15H2,1-5H3,(H2,22,23,24). The van der Waals surface area contributed by atoms with Gasteiger partial charge in [0.1, 0.15) is 5.60 Å². The third-order valence-corrected chi connectivity index (χ3v) is 4.50. The highest BCUT2D eigenvalue weighted by molar-refractivity contribution is 5.94. The van der Waals surface area contributed by atoms with Crippen LogP contribution in [0.4, 0.5) is 0 Å². The van der Waals surface area contributed by atoms with Crippen molar-refractivity contribution in [2.24, 2.45) is 12.0 Å². The SMILES string of the molecule is CCNC(=NCC(C)(O)c1cnn(C)c1)NCCc1cccc(C(=O)N(C)C)c1. The maximum absolute atomic E-state index is 12.1. The van der Waals surface area contributed by atoms with Crippen molar-refractivity contribution in [1.29, 1.82) is 0 Å². The molecule has 3 N–H and O–H groups in total. The molecule has 8 heteroatoms. The first-order valence-corrected chi connectivity index (χ1v) is 9.77. The van der Waals surface area contributed by atoms with Crippen molar-refractivity contribution in [2.75, 3.05) is 33.7 Å². The first-order chi connectivity index (χ1) is 13.7. The Morgan fingerprint density at radius 3 is 2.72 bits per heavy atom. The van der Waals surface area contributed by atoms with Crippen LogP contribution in [0.5, 0.6) is 0 Å². The van der Waals surface area contributed by atoms with Gasteiger partial charge < -0.3 is 20.6 Å². The molecule has 0 spiro atoms. The van der Waals surface area contributed by atoms with Gasteiger partial charge in [0.2, 0.25) is 0 Å². The molecule has 158 valence electrons. The number of aryl methyl sites for hydroxylation is 1. The van der Waals surface area contributed by atoms with Crippen LogP contribution >= 0.6 is 0 Å². The number of aromatic nitrogens is 2. The van der Waals surface area contributed by atoms with Gasteiger partial charge in [-0.05, 0) is 38.0 Å². The second-order valence-corrected chi connectivity index (χ2v) is 7.45. The van der Waals surface area contributed by atoms with E-state index in [-0.39, 0.29) is 12.5 Å². The number of carbonyl (C=O) groups is 1. The van der Waals surface area contributed by atoms with Gasteiger partial charge in [0.05, 0.1) is 12.7 Å². The molecule has 2 aromatic rings. The molecule has 1 atom stereocenters. The molecule has 0 radical (unpaired) electrons. The number of benzene rings is 1. The van der Waals surface area contributed by atoms with Crippen molar-refractivity contribution in [3.05, 3.63) is 53.3 Å². The van der Waals surface area contributed by atoms with Crippen LogP contribution in [0.2, 0.25) is 0 Å². The maximum Gasteiger partial charge on any atom is 0.253 e. The summed E-state index contributed by atoms with van der Waals surface area (Å²) in [4.78, 5) is 18.2. The summed E-state index contributed by atoms with van der Waals surface area (Å²) < 4.78 is 1.66. The van der Waals surface area contributed by atoms with Gasteiger partial charge in [0.15, 0.2) is 5.96 Å². The fourth-order valence-corrected chi connectivity index (χ4v) is 2.81. The van der Waals surface area contributed by atoms with E-state index >= 15 is 0 Å². The minimum Gasteiger partial charge on any atom is -0.383 e. The molecule has 0 aliphatic rings. The lowest BCUT2D eigenvalue weighted by molar-refractivity contribution is 0.0671. The van der Waals surface area contributed by atoms with Gasteiger partial charge in [-0.1, -0.05) is 12.1 Å². The molecular weight excluding hydrogens is 368 g/mol. The average Bonchev–Trinajstić information content (AvgIpc) is 3.13. The van der Waals surface area contributed by atoms with Crippen molar-refractivity contribution in [3.8, 4) is 0 Å². The largest absolute Gasteiger partial charge is 0.383 e. The molecule has 8 nitrogen and oxygen atoms in total. The quantitative estimate of drug-likeness (QED) is 0.456. The van der Waals surface area contributed by atoms with E-state index in [4.69, 9.17) is 0 Å². The zero-order valence-corrected chi connectivity index (χ0v) is 17.9. The Bertz CT molecular complexity index is 841. The second kappa shape index (κ2) is 10.1. The summed E-state index contributed by atoms with van der Waals surface area (Å²) in [6, 6.07) is 7.65. The average molecular weight is 401 g/mol. The normalized spacial score (nSPS) is 13.7. The summed E-state index contributed by atoms with van der Waals surface area (Å²) in [7, 11) is 5.31. The Hall–Kier alpha value is -2.87. The van der Waals surface area contributed by atoms with Gasteiger partial charge in [0.25, 0.3) is 5.91 Å². The van der Waals surface area contributed by atoms with Gasteiger partial charge in [-0.2, -0.15) is 5.10 Å². The lowest BCUT2D eigenvalue weighted by Gasteiger charge is -2.20. The summed E-state index contributed by atoms with van der Waals surface area (Å²) in [6.07, 6.45) is 4.19. The number of guanidine groups is 1. The Morgan fingerprint density at radius 2 is 2.10 bits per heavy atom. The first-order valence-electron chi connectivity index (χ1n) is 9.77. The number of hydrogen-bond donors (Lipinski definition) is 3. The Balaban J connectivity index is 1.96. The van der Waals surface area contributed by atoms with Gasteiger partial charge in [0, 0.05) is 51.6 Å². The van der Waals surface area contributed by atoms with Gasteiger partial charge in [-0.25, -0.2) is 4.99 Å². The van der Waals surface area contributed by atoms with Crippen molar-refractivity contribution < 1.29 is 9.90 Å². The molecule has 29 heavy (non-hydrogen) atoms. The molecule has 0 fully saturated rings. The zero-order chi connectivity index (χ0) is 21.4. The van der Waals surface area contributed by atoms with E-state index in [2.05, 4.69) is 20.7 Å². The molecule has 0 saturated heterocycles. The number of nitrogens with one attached hydrogen (secondary N) is 2. The molecule has 1 aromatic carbocycles. The predicted octanol–water partition coefficient (Wildman–Crippen LogP) is 1.13. The van der Waals surface area contributed by atoms with E-state index in [1.54, 1.807) is 43.0 Å². The van der Waals surface area contributed by atoms with E-state index in [0.29, 0.717) is 24.6 Å². The lowest BCUT2D eigenvalue weighted by Crippen LogP contribution is -2.39. The number of carbonyl (C=O) groups excluding carboxylic acids is 1. The molecular formula is C21H32N6O2. The summed E-state index contributed by atoms with van der Waals surface area (Å²) >= 11 is 0. The summed E-state index contributed by atoms with van der Waals surface area (Å²) in [5.41, 5.74) is 1.38. The molecule has 0 aliphatic carbocycles. The molecule has 1 heterocycles. The highest BCUT2D eigenvalue weighted by Gasteiger charge is 2.24. The Labute approximate surface area is 172 Å². The summed E-state index contributed by atoms with van der Waals surface area (Å²) in [5.74, 6) is 0.629. The van der Waals surface area contributed by atoms with E-state index in [0.717, 1.165) is 17.5 Å². The smallest absolute Gasteiger partial charge is 0.253 e. The van der Waals surface area contributed by atoms with Crippen LogP contribution < -0.4 is 10.6 Å². The molecule has 0 aliphatic heterocycles. The number of amides is 1. The van der Waals surface area contributed by atoms with Crippen LogP contribution in [-0.4, -0.2) is 65.4 Å². The van der Waals surface area contributed by atoms with Gasteiger partial charge in [-0.15, -0.1) is 0 Å². The number of rotatable bonds is 8. The first kappa shape index (κ1) is 22.4. The van der Waals surface area contributed by atoms with E-state index in [1.807, 2.05) is 38.2 Å². The second-order valence-electron chi connectivity index (χ2n) is 7.45. The number of aliphatic hydroxyl groups is 1. The molecule has 1 amide bonds. The predicted molar refractivity (Wildman–Crippen MR) is 115 cm³/mol. The minimum absolute atomic E-state index is 0.00709. The fraction of sp³-hybridized carbons (Fsp3) is 0.476. The van der Waals surface area contributed by atoms with Crippen LogP contribution in [0.3, 0.4) is 0 Å². The Kier molecular flexibility index (Phi) is 7.78.